The van der Waals surface area contributed by atoms with E-state index in [2.05, 4.69) is 15.5 Å². The van der Waals surface area contributed by atoms with Crippen LogP contribution in [0.4, 0.5) is 10.8 Å². The Bertz CT molecular complexity index is 523. The average molecular weight is 234 g/mol. The second kappa shape index (κ2) is 4.28. The number of para-hydroxylation sites is 1. The van der Waals surface area contributed by atoms with Crippen LogP contribution in [0.5, 0.6) is 0 Å². The first kappa shape index (κ1) is 10.6. The molecule has 1 aromatic heterocycles. The molecule has 3 N–H and O–H groups in total. The van der Waals surface area contributed by atoms with Gasteiger partial charge < -0.3 is 11.1 Å². The second-order valence-corrected chi connectivity index (χ2v) is 4.08. The monoisotopic (exact) mass is 234 g/mol. The lowest BCUT2D eigenvalue weighted by molar-refractivity contribution is 0.103. The smallest absolute Gasteiger partial charge is 0.225 e. The van der Waals surface area contributed by atoms with Crippen LogP contribution in [0.2, 0.25) is 0 Å². The molecule has 0 unspecified atom stereocenters. The zero-order chi connectivity index (χ0) is 11.5. The van der Waals surface area contributed by atoms with Crippen LogP contribution in [-0.4, -0.2) is 23.0 Å². The van der Waals surface area contributed by atoms with Crippen LogP contribution < -0.4 is 11.1 Å². The van der Waals surface area contributed by atoms with Crippen LogP contribution in [0.15, 0.2) is 24.3 Å². The molecule has 5 nitrogen and oxygen atoms in total. The number of aromatic nitrogens is 2. The van der Waals surface area contributed by atoms with Gasteiger partial charge in [0.05, 0.1) is 0 Å². The number of carbonyl (C=O) groups excluding carboxylic acids is 1. The van der Waals surface area contributed by atoms with Gasteiger partial charge in [0.15, 0.2) is 5.01 Å². The Labute approximate surface area is 96.3 Å². The molecule has 1 aromatic carbocycles. The van der Waals surface area contributed by atoms with Gasteiger partial charge >= 0.3 is 0 Å². The summed E-state index contributed by atoms with van der Waals surface area (Å²) in [4.78, 5) is 12.1. The summed E-state index contributed by atoms with van der Waals surface area (Å²) in [7, 11) is 1.76. The lowest BCUT2D eigenvalue weighted by Crippen LogP contribution is -2.04. The van der Waals surface area contributed by atoms with Gasteiger partial charge in [0.1, 0.15) is 0 Å². The maximum absolute atomic E-state index is 12.1. The summed E-state index contributed by atoms with van der Waals surface area (Å²) < 4.78 is 0. The molecular weight excluding hydrogens is 224 g/mol. The molecule has 0 amide bonds. The van der Waals surface area contributed by atoms with Gasteiger partial charge in [0.2, 0.25) is 10.9 Å². The standard InChI is InChI=1S/C10H10N4OS/c1-12-7-5-3-2-4-6(7)8(15)9-13-14-10(11)16-9/h2-5,12H,1H3,(H2,11,14). The number of nitrogens with two attached hydrogens (primary N) is 1. The molecule has 0 saturated heterocycles. The van der Waals surface area contributed by atoms with Crippen molar-refractivity contribution < 1.29 is 4.79 Å². The summed E-state index contributed by atoms with van der Waals surface area (Å²) in [6.07, 6.45) is 0. The van der Waals surface area contributed by atoms with E-state index in [9.17, 15) is 4.79 Å². The minimum absolute atomic E-state index is 0.167. The topological polar surface area (TPSA) is 80.9 Å². The third kappa shape index (κ3) is 1.87. The minimum Gasteiger partial charge on any atom is -0.388 e. The molecule has 0 atom stereocenters. The fourth-order valence-electron chi connectivity index (χ4n) is 1.34. The predicted octanol–water partition coefficient (Wildman–Crippen LogP) is 1.39. The van der Waals surface area contributed by atoms with Crippen molar-refractivity contribution in [3.8, 4) is 0 Å². The van der Waals surface area contributed by atoms with Crippen molar-refractivity contribution in [2.75, 3.05) is 18.1 Å². The third-order valence-electron chi connectivity index (χ3n) is 2.08. The van der Waals surface area contributed by atoms with E-state index in [1.54, 1.807) is 19.2 Å². The third-order valence-corrected chi connectivity index (χ3v) is 2.83. The van der Waals surface area contributed by atoms with Crippen LogP contribution in [0.25, 0.3) is 0 Å². The molecule has 0 saturated carbocycles. The number of hydrogen-bond donors (Lipinski definition) is 2. The van der Waals surface area contributed by atoms with E-state index in [1.807, 2.05) is 12.1 Å². The first-order valence-electron chi connectivity index (χ1n) is 4.63. The molecule has 16 heavy (non-hydrogen) atoms. The lowest BCUT2D eigenvalue weighted by Gasteiger charge is -2.05. The number of anilines is 2. The minimum atomic E-state index is -0.167. The molecule has 2 aromatic rings. The molecule has 82 valence electrons. The fraction of sp³-hybridized carbons (Fsp3) is 0.100. The van der Waals surface area contributed by atoms with Crippen molar-refractivity contribution in [1.82, 2.24) is 10.2 Å². The highest BCUT2D eigenvalue weighted by Gasteiger charge is 2.16. The Morgan fingerprint density at radius 2 is 2.12 bits per heavy atom. The van der Waals surface area contributed by atoms with Crippen molar-refractivity contribution in [2.24, 2.45) is 0 Å². The Kier molecular flexibility index (Phi) is 2.82. The van der Waals surface area contributed by atoms with E-state index < -0.39 is 0 Å². The molecule has 0 fully saturated rings. The van der Waals surface area contributed by atoms with E-state index >= 15 is 0 Å². The summed E-state index contributed by atoms with van der Waals surface area (Å²) in [5, 5.41) is 10.9. The van der Waals surface area contributed by atoms with Crippen molar-refractivity contribution in [2.45, 2.75) is 0 Å². The van der Waals surface area contributed by atoms with E-state index in [-0.39, 0.29) is 5.78 Å². The quantitative estimate of drug-likeness (QED) is 0.784. The largest absolute Gasteiger partial charge is 0.388 e. The Morgan fingerprint density at radius 3 is 2.75 bits per heavy atom. The number of carbonyl (C=O) groups is 1. The molecule has 0 radical (unpaired) electrons. The van der Waals surface area contributed by atoms with E-state index in [0.29, 0.717) is 15.7 Å². The zero-order valence-corrected chi connectivity index (χ0v) is 9.41. The Balaban J connectivity index is 2.41. The SMILES string of the molecule is CNc1ccccc1C(=O)c1nnc(N)s1. The van der Waals surface area contributed by atoms with Gasteiger partial charge in [-0.25, -0.2) is 0 Å². The summed E-state index contributed by atoms with van der Waals surface area (Å²) in [5.74, 6) is -0.167. The first-order valence-corrected chi connectivity index (χ1v) is 5.44. The van der Waals surface area contributed by atoms with Gasteiger partial charge in [-0.1, -0.05) is 23.5 Å². The first-order chi connectivity index (χ1) is 7.72. The van der Waals surface area contributed by atoms with Crippen molar-refractivity contribution in [3.05, 3.63) is 34.8 Å². The van der Waals surface area contributed by atoms with Gasteiger partial charge in [-0.05, 0) is 12.1 Å². The van der Waals surface area contributed by atoms with Gasteiger partial charge in [0, 0.05) is 18.3 Å². The van der Waals surface area contributed by atoms with Crippen molar-refractivity contribution in [3.63, 3.8) is 0 Å². The second-order valence-electron chi connectivity index (χ2n) is 3.07. The number of nitrogens with zero attached hydrogens (tertiary/aromatic N) is 2. The normalized spacial score (nSPS) is 10.1. The summed E-state index contributed by atoms with van der Waals surface area (Å²) in [6, 6.07) is 7.24. The molecule has 0 spiro atoms. The van der Waals surface area contributed by atoms with E-state index in [4.69, 9.17) is 5.73 Å². The van der Waals surface area contributed by atoms with Crippen LogP contribution in [-0.2, 0) is 0 Å². The van der Waals surface area contributed by atoms with Crippen molar-refractivity contribution in [1.29, 1.82) is 0 Å². The molecule has 0 aliphatic rings. The summed E-state index contributed by atoms with van der Waals surface area (Å²) in [6.45, 7) is 0. The highest BCUT2D eigenvalue weighted by molar-refractivity contribution is 7.17. The summed E-state index contributed by atoms with van der Waals surface area (Å²) >= 11 is 1.09. The molecule has 2 rings (SSSR count). The molecule has 0 aliphatic heterocycles. The van der Waals surface area contributed by atoms with E-state index in [0.717, 1.165) is 17.0 Å². The van der Waals surface area contributed by atoms with Gasteiger partial charge in [-0.2, -0.15) is 0 Å². The Morgan fingerprint density at radius 1 is 1.38 bits per heavy atom. The van der Waals surface area contributed by atoms with Crippen molar-refractivity contribution >= 4 is 27.9 Å². The van der Waals surface area contributed by atoms with Gasteiger partial charge in [-0.3, -0.25) is 4.79 Å². The fourth-order valence-corrected chi connectivity index (χ4v) is 1.90. The maximum Gasteiger partial charge on any atom is 0.225 e. The average Bonchev–Trinajstić information content (AvgIpc) is 2.75. The molecule has 6 heteroatoms. The number of hydrogen-bond acceptors (Lipinski definition) is 6. The van der Waals surface area contributed by atoms with Crippen LogP contribution in [0, 0.1) is 0 Å². The van der Waals surface area contributed by atoms with E-state index in [1.165, 1.54) is 0 Å². The number of nitrogens with one attached hydrogen (secondary N) is 1. The zero-order valence-electron chi connectivity index (χ0n) is 8.60. The highest BCUT2D eigenvalue weighted by atomic mass is 32.1. The van der Waals surface area contributed by atoms with Gasteiger partial charge in [0.25, 0.3) is 0 Å². The van der Waals surface area contributed by atoms with Gasteiger partial charge in [-0.15, -0.1) is 10.2 Å². The maximum atomic E-state index is 12.1. The van der Waals surface area contributed by atoms with Crippen LogP contribution >= 0.6 is 11.3 Å². The molecule has 1 heterocycles. The molecule has 0 aliphatic carbocycles. The molecule has 0 bridgehead atoms. The number of rotatable bonds is 3. The van der Waals surface area contributed by atoms with Crippen LogP contribution in [0.1, 0.15) is 15.4 Å². The lowest BCUT2D eigenvalue weighted by atomic mass is 10.1. The number of ketones is 1. The number of nitrogen functional groups attached to an aromatic ring is 1. The summed E-state index contributed by atoms with van der Waals surface area (Å²) in [5.41, 5.74) is 6.78. The predicted molar refractivity (Wildman–Crippen MR) is 63.7 cm³/mol. The molecular formula is C10H10N4OS. The Hall–Kier alpha value is -1.95. The number of benzene rings is 1. The van der Waals surface area contributed by atoms with Crippen LogP contribution in [0.3, 0.4) is 0 Å². The highest BCUT2D eigenvalue weighted by Crippen LogP contribution is 2.21.